The Bertz CT molecular complexity index is 761. The summed E-state index contributed by atoms with van der Waals surface area (Å²) >= 11 is 1.69. The second-order valence-corrected chi connectivity index (χ2v) is 6.10. The molecule has 1 heterocycles. The zero-order valence-corrected chi connectivity index (χ0v) is 13.7. The molecular formula is C16H17N3O4S. The van der Waals surface area contributed by atoms with E-state index in [0.717, 1.165) is 34.4 Å². The molecule has 0 spiro atoms. The van der Waals surface area contributed by atoms with Crippen molar-refractivity contribution in [3.8, 4) is 0 Å². The predicted molar refractivity (Wildman–Crippen MR) is 93.0 cm³/mol. The van der Waals surface area contributed by atoms with Gasteiger partial charge >= 0.3 is 0 Å². The van der Waals surface area contributed by atoms with Crippen molar-refractivity contribution in [2.45, 2.75) is 12.3 Å². The summed E-state index contributed by atoms with van der Waals surface area (Å²) in [7, 11) is 0. The molecule has 0 aliphatic rings. The molecule has 0 fully saturated rings. The number of nitro groups is 1. The SMILES string of the molecule is O=C(Cn1cc([N+](=O)[O-])ccc1=O)NCCSCc1ccccc1. The molecule has 24 heavy (non-hydrogen) atoms. The summed E-state index contributed by atoms with van der Waals surface area (Å²) in [5, 5.41) is 13.4. The van der Waals surface area contributed by atoms with Gasteiger partial charge in [-0.1, -0.05) is 30.3 Å². The lowest BCUT2D eigenvalue weighted by molar-refractivity contribution is -0.385. The minimum Gasteiger partial charge on any atom is -0.354 e. The number of carbonyl (C=O) groups is 1. The van der Waals surface area contributed by atoms with Gasteiger partial charge in [-0.15, -0.1) is 0 Å². The fourth-order valence-corrected chi connectivity index (χ4v) is 2.81. The van der Waals surface area contributed by atoms with Gasteiger partial charge in [0.25, 0.3) is 11.2 Å². The molecule has 0 saturated carbocycles. The zero-order chi connectivity index (χ0) is 17.4. The number of carbonyl (C=O) groups excluding carboxylic acids is 1. The highest BCUT2D eigenvalue weighted by atomic mass is 32.2. The topological polar surface area (TPSA) is 94.2 Å². The monoisotopic (exact) mass is 347 g/mol. The first-order valence-corrected chi connectivity index (χ1v) is 8.45. The number of aromatic nitrogens is 1. The molecule has 0 aliphatic heterocycles. The number of benzene rings is 1. The highest BCUT2D eigenvalue weighted by Crippen LogP contribution is 2.10. The van der Waals surface area contributed by atoms with Crippen molar-refractivity contribution < 1.29 is 9.72 Å². The molecule has 0 bridgehead atoms. The number of nitrogens with zero attached hydrogens (tertiary/aromatic N) is 2. The lowest BCUT2D eigenvalue weighted by Gasteiger charge is -2.07. The molecule has 0 saturated heterocycles. The third-order valence-electron chi connectivity index (χ3n) is 3.17. The molecule has 0 aliphatic carbocycles. The van der Waals surface area contributed by atoms with E-state index in [0.29, 0.717) is 6.54 Å². The maximum absolute atomic E-state index is 11.8. The highest BCUT2D eigenvalue weighted by molar-refractivity contribution is 7.98. The molecule has 0 unspecified atom stereocenters. The van der Waals surface area contributed by atoms with Gasteiger partial charge in [0.15, 0.2) is 0 Å². The minimum absolute atomic E-state index is 0.221. The third-order valence-corrected chi connectivity index (χ3v) is 4.20. The maximum Gasteiger partial charge on any atom is 0.285 e. The van der Waals surface area contributed by atoms with Crippen molar-refractivity contribution in [1.82, 2.24) is 9.88 Å². The molecule has 2 rings (SSSR count). The summed E-state index contributed by atoms with van der Waals surface area (Å²) in [4.78, 5) is 33.5. The average molecular weight is 347 g/mol. The van der Waals surface area contributed by atoms with Crippen LogP contribution >= 0.6 is 11.8 Å². The van der Waals surface area contributed by atoms with Gasteiger partial charge in [0.1, 0.15) is 6.54 Å². The second-order valence-electron chi connectivity index (χ2n) is 5.00. The van der Waals surface area contributed by atoms with Gasteiger partial charge in [-0.25, -0.2) is 0 Å². The first kappa shape index (κ1) is 17.7. The second kappa shape index (κ2) is 8.88. The van der Waals surface area contributed by atoms with Crippen molar-refractivity contribution in [2.75, 3.05) is 12.3 Å². The van der Waals surface area contributed by atoms with Crippen molar-refractivity contribution in [1.29, 1.82) is 0 Å². The molecule has 1 aromatic carbocycles. The fourth-order valence-electron chi connectivity index (χ4n) is 1.99. The minimum atomic E-state index is -0.603. The van der Waals surface area contributed by atoms with E-state index in [9.17, 15) is 19.7 Å². The van der Waals surface area contributed by atoms with Gasteiger partial charge in [0.2, 0.25) is 5.91 Å². The third kappa shape index (κ3) is 5.54. The summed E-state index contributed by atoms with van der Waals surface area (Å²) in [6.45, 7) is 0.240. The summed E-state index contributed by atoms with van der Waals surface area (Å²) in [5.41, 5.74) is 0.548. The Balaban J connectivity index is 1.74. The summed E-state index contributed by atoms with van der Waals surface area (Å²) in [6.07, 6.45) is 1.08. The number of amides is 1. The Morgan fingerprint density at radius 2 is 1.96 bits per heavy atom. The van der Waals surface area contributed by atoms with Crippen LogP contribution in [0.25, 0.3) is 0 Å². The molecular weight excluding hydrogens is 330 g/mol. The highest BCUT2D eigenvalue weighted by Gasteiger charge is 2.10. The Morgan fingerprint density at radius 3 is 2.67 bits per heavy atom. The van der Waals surface area contributed by atoms with Crippen LogP contribution in [0.4, 0.5) is 5.69 Å². The van der Waals surface area contributed by atoms with E-state index < -0.39 is 10.5 Å². The van der Waals surface area contributed by atoms with Crippen LogP contribution < -0.4 is 10.9 Å². The van der Waals surface area contributed by atoms with Crippen molar-refractivity contribution in [3.05, 3.63) is 74.7 Å². The lowest BCUT2D eigenvalue weighted by atomic mass is 10.2. The average Bonchev–Trinajstić information content (AvgIpc) is 2.57. The van der Waals surface area contributed by atoms with Crippen LogP contribution in [0.2, 0.25) is 0 Å². The number of pyridine rings is 1. The molecule has 126 valence electrons. The van der Waals surface area contributed by atoms with Crippen LogP contribution in [0.3, 0.4) is 0 Å². The van der Waals surface area contributed by atoms with Crippen molar-refractivity contribution in [3.63, 3.8) is 0 Å². The van der Waals surface area contributed by atoms with Crippen LogP contribution in [0.1, 0.15) is 5.56 Å². The van der Waals surface area contributed by atoms with E-state index in [2.05, 4.69) is 5.32 Å². The smallest absolute Gasteiger partial charge is 0.285 e. The van der Waals surface area contributed by atoms with E-state index in [4.69, 9.17) is 0 Å². The van der Waals surface area contributed by atoms with E-state index in [-0.39, 0.29) is 18.1 Å². The quantitative estimate of drug-likeness (QED) is 0.446. The van der Waals surface area contributed by atoms with Crippen LogP contribution in [-0.2, 0) is 17.1 Å². The normalized spacial score (nSPS) is 10.3. The van der Waals surface area contributed by atoms with E-state index in [1.54, 1.807) is 11.8 Å². The molecule has 7 nitrogen and oxygen atoms in total. The van der Waals surface area contributed by atoms with Crippen molar-refractivity contribution >= 4 is 23.4 Å². The summed E-state index contributed by atoms with van der Waals surface area (Å²) in [6, 6.07) is 12.2. The molecule has 2 aromatic rings. The molecule has 0 atom stereocenters. The van der Waals surface area contributed by atoms with Gasteiger partial charge in [0.05, 0.1) is 11.1 Å². The summed E-state index contributed by atoms with van der Waals surface area (Å²) in [5.74, 6) is 1.25. The van der Waals surface area contributed by atoms with Crippen LogP contribution in [0, 0.1) is 10.1 Å². The lowest BCUT2D eigenvalue weighted by Crippen LogP contribution is -2.33. The molecule has 1 N–H and O–H groups in total. The number of nitrogens with one attached hydrogen (secondary N) is 1. The molecule has 1 amide bonds. The van der Waals surface area contributed by atoms with Gasteiger partial charge < -0.3 is 5.32 Å². The van der Waals surface area contributed by atoms with Gasteiger partial charge in [-0.2, -0.15) is 11.8 Å². The molecule has 8 heteroatoms. The molecule has 1 aromatic heterocycles. The van der Waals surface area contributed by atoms with Crippen molar-refractivity contribution in [2.24, 2.45) is 0 Å². The van der Waals surface area contributed by atoms with E-state index in [1.807, 2.05) is 30.3 Å². The van der Waals surface area contributed by atoms with E-state index >= 15 is 0 Å². The summed E-state index contributed by atoms with van der Waals surface area (Å²) < 4.78 is 1.03. The Kier molecular flexibility index (Phi) is 6.56. The first-order chi connectivity index (χ1) is 11.6. The predicted octanol–water partition coefficient (Wildman–Crippen LogP) is 1.81. The zero-order valence-electron chi connectivity index (χ0n) is 12.9. The van der Waals surface area contributed by atoms with Crippen LogP contribution in [0.15, 0.2) is 53.5 Å². The Labute approximate surface area is 142 Å². The Hall–Kier alpha value is -2.61. The van der Waals surface area contributed by atoms with Gasteiger partial charge in [-0.05, 0) is 5.56 Å². The number of rotatable bonds is 8. The van der Waals surface area contributed by atoms with Gasteiger partial charge in [-0.3, -0.25) is 24.3 Å². The fraction of sp³-hybridized carbons (Fsp3) is 0.250. The first-order valence-electron chi connectivity index (χ1n) is 7.29. The molecule has 0 radical (unpaired) electrons. The largest absolute Gasteiger partial charge is 0.354 e. The van der Waals surface area contributed by atoms with E-state index in [1.165, 1.54) is 5.56 Å². The number of thioether (sulfide) groups is 1. The standard InChI is InChI=1S/C16H17N3O4S/c20-15(11-18-10-14(19(22)23)6-7-16(18)21)17-8-9-24-12-13-4-2-1-3-5-13/h1-7,10H,8-9,11-12H2,(H,17,20). The maximum atomic E-state index is 11.8. The van der Waals surface area contributed by atoms with Crippen LogP contribution in [0.5, 0.6) is 0 Å². The van der Waals surface area contributed by atoms with Gasteiger partial charge in [0, 0.05) is 30.2 Å². The van der Waals surface area contributed by atoms with Crippen LogP contribution in [-0.4, -0.2) is 27.7 Å². The Morgan fingerprint density at radius 1 is 1.21 bits per heavy atom. The number of hydrogen-bond donors (Lipinski definition) is 1. The number of hydrogen-bond acceptors (Lipinski definition) is 5.